The first kappa shape index (κ1) is 36.5. The third-order valence-electron chi connectivity index (χ3n) is 11.9. The van der Waals surface area contributed by atoms with E-state index in [4.69, 9.17) is 23.7 Å². The number of aliphatic hydroxyl groups excluding tert-OH is 2. The lowest BCUT2D eigenvalue weighted by atomic mass is 9.71. The maximum atomic E-state index is 12.5. The van der Waals surface area contributed by atoms with Crippen LogP contribution in [0.2, 0.25) is 0 Å². The van der Waals surface area contributed by atoms with E-state index in [9.17, 15) is 20.4 Å². The van der Waals surface area contributed by atoms with E-state index in [0.717, 1.165) is 89.6 Å². The number of phenols is 2. The smallest absolute Gasteiger partial charge is 0.128 e. The van der Waals surface area contributed by atoms with Gasteiger partial charge in [0.15, 0.2) is 0 Å². The summed E-state index contributed by atoms with van der Waals surface area (Å²) in [4.78, 5) is 0. The molecule has 0 aromatic heterocycles. The molecule has 3 aliphatic heterocycles. The van der Waals surface area contributed by atoms with Gasteiger partial charge in [-0.15, -0.1) is 0 Å². The number of phenolic OH excluding ortho intramolecular Hbond substituents is 2. The Bertz CT molecular complexity index is 1970. The Hall–Kier alpha value is -4.44. The quantitative estimate of drug-likeness (QED) is 0.113. The maximum Gasteiger partial charge on any atom is 0.128 e. The number of benzene rings is 4. The molecule has 4 aromatic rings. The van der Waals surface area contributed by atoms with E-state index in [-0.39, 0.29) is 30.3 Å². The third-order valence-corrected chi connectivity index (χ3v) is 11.9. The predicted molar refractivity (Wildman–Crippen MR) is 205 cm³/mol. The standard InChI is InChI=1S/C45H52O9/c1-3-26-22-34(27-9-6-10-30(46)20-27)28(23-37(26)47)19-29-21-32(53-31-11-4-5-12-31)24-35-43(48)36(25-52-45(29)35)42-39(14-8-17-50-2)54-40-16-15-38-33(13-7-18-51-38)41(40)44(42)49/h6,9-10,15-16,20-24,31,36,39,42-44,46-49H,3-5,7-8,11-14,17-19,25H2,1-2H3/t36-,39+,42-,43-,44+/m1/s1. The van der Waals surface area contributed by atoms with Gasteiger partial charge in [0.25, 0.3) is 0 Å². The summed E-state index contributed by atoms with van der Waals surface area (Å²) in [5.41, 5.74) is 6.60. The second-order valence-electron chi connectivity index (χ2n) is 15.4. The summed E-state index contributed by atoms with van der Waals surface area (Å²) in [5, 5.41) is 46.3. The molecular weight excluding hydrogens is 684 g/mol. The Kier molecular flexibility index (Phi) is 10.6. The lowest BCUT2D eigenvalue weighted by molar-refractivity contribution is -0.0894. The minimum absolute atomic E-state index is 0.0905. The van der Waals surface area contributed by atoms with Gasteiger partial charge in [-0.25, -0.2) is 0 Å². The second-order valence-corrected chi connectivity index (χ2v) is 15.4. The van der Waals surface area contributed by atoms with E-state index in [0.29, 0.717) is 55.3 Å². The lowest BCUT2D eigenvalue weighted by Gasteiger charge is -2.45. The molecule has 0 bridgehead atoms. The molecule has 54 heavy (non-hydrogen) atoms. The van der Waals surface area contributed by atoms with Crippen molar-refractivity contribution in [3.05, 3.63) is 94.0 Å². The normalized spacial score (nSPS) is 23.4. The summed E-state index contributed by atoms with van der Waals surface area (Å²) in [5.74, 6) is 2.13. The number of ether oxygens (including phenoxy) is 5. The molecule has 0 spiro atoms. The molecule has 4 N–H and O–H groups in total. The Morgan fingerprint density at radius 3 is 2.48 bits per heavy atom. The van der Waals surface area contributed by atoms with Crippen molar-refractivity contribution in [2.75, 3.05) is 26.9 Å². The van der Waals surface area contributed by atoms with Crippen LogP contribution in [0.15, 0.2) is 60.7 Å². The van der Waals surface area contributed by atoms with Crippen LogP contribution in [0.3, 0.4) is 0 Å². The average Bonchev–Trinajstić information content (AvgIpc) is 3.69. The summed E-state index contributed by atoms with van der Waals surface area (Å²) in [6, 6.07) is 18.7. The highest BCUT2D eigenvalue weighted by Gasteiger charge is 2.48. The SMILES string of the molecule is CCc1cc(-c2cccc(O)c2)c(Cc2cc(OC3CCCC3)cc3c2OC[C@H]([C@@H]2[C@H](CCCOC)Oc4ccc5c(c4[C@@H]2O)CCCO5)[C@@H]3O)cc1O. The van der Waals surface area contributed by atoms with Crippen molar-refractivity contribution < 1.29 is 44.1 Å². The molecule has 0 radical (unpaired) electrons. The van der Waals surface area contributed by atoms with Crippen LogP contribution < -0.4 is 18.9 Å². The van der Waals surface area contributed by atoms with Crippen LogP contribution in [0.25, 0.3) is 11.1 Å². The minimum Gasteiger partial charge on any atom is -0.508 e. The third kappa shape index (κ3) is 7.09. The zero-order valence-electron chi connectivity index (χ0n) is 31.3. The van der Waals surface area contributed by atoms with Crippen LogP contribution in [0.4, 0.5) is 0 Å². The van der Waals surface area contributed by atoms with Crippen molar-refractivity contribution in [3.63, 3.8) is 0 Å². The summed E-state index contributed by atoms with van der Waals surface area (Å²) in [6.07, 6.45) is 6.09. The van der Waals surface area contributed by atoms with E-state index in [1.54, 1.807) is 25.3 Å². The van der Waals surface area contributed by atoms with Crippen LogP contribution in [-0.2, 0) is 24.0 Å². The molecule has 286 valence electrons. The van der Waals surface area contributed by atoms with E-state index in [1.165, 1.54) is 0 Å². The summed E-state index contributed by atoms with van der Waals surface area (Å²) in [6.45, 7) is 3.38. The average molecular weight is 737 g/mol. The summed E-state index contributed by atoms with van der Waals surface area (Å²) >= 11 is 0. The van der Waals surface area contributed by atoms with Gasteiger partial charge in [-0.3, -0.25) is 0 Å². The van der Waals surface area contributed by atoms with Gasteiger partial charge in [-0.1, -0.05) is 19.1 Å². The first-order valence-corrected chi connectivity index (χ1v) is 19.7. The van der Waals surface area contributed by atoms with Gasteiger partial charge in [0.05, 0.1) is 31.5 Å². The Balaban J connectivity index is 1.19. The number of fused-ring (bicyclic) bond motifs is 4. The molecule has 0 saturated heterocycles. The lowest BCUT2D eigenvalue weighted by Crippen LogP contribution is -2.46. The van der Waals surface area contributed by atoms with Crippen LogP contribution in [0, 0.1) is 11.8 Å². The van der Waals surface area contributed by atoms with Crippen molar-refractivity contribution in [3.8, 4) is 45.6 Å². The second kappa shape index (κ2) is 15.7. The molecule has 0 unspecified atom stereocenters. The zero-order chi connectivity index (χ0) is 37.3. The minimum atomic E-state index is -0.980. The van der Waals surface area contributed by atoms with Crippen LogP contribution in [0.5, 0.6) is 34.5 Å². The van der Waals surface area contributed by atoms with Crippen LogP contribution in [0.1, 0.15) is 97.5 Å². The fraction of sp³-hybridized carbons (Fsp3) is 0.467. The van der Waals surface area contributed by atoms with E-state index >= 15 is 0 Å². The molecule has 5 atom stereocenters. The predicted octanol–water partition coefficient (Wildman–Crippen LogP) is 8.14. The fourth-order valence-corrected chi connectivity index (χ4v) is 9.25. The number of rotatable bonds is 11. The Morgan fingerprint density at radius 1 is 0.852 bits per heavy atom. The molecule has 9 nitrogen and oxygen atoms in total. The number of aryl methyl sites for hydroxylation is 1. The van der Waals surface area contributed by atoms with Gasteiger partial charge < -0.3 is 44.1 Å². The highest BCUT2D eigenvalue weighted by Crippen LogP contribution is 2.53. The van der Waals surface area contributed by atoms with Gasteiger partial charge in [0.1, 0.15) is 40.6 Å². The summed E-state index contributed by atoms with van der Waals surface area (Å²) in [7, 11) is 1.68. The highest BCUT2D eigenvalue weighted by atomic mass is 16.5. The monoisotopic (exact) mass is 736 g/mol. The number of hydrogen-bond acceptors (Lipinski definition) is 9. The summed E-state index contributed by atoms with van der Waals surface area (Å²) < 4.78 is 31.4. The largest absolute Gasteiger partial charge is 0.508 e. The molecule has 8 rings (SSSR count). The van der Waals surface area contributed by atoms with Crippen LogP contribution >= 0.6 is 0 Å². The molecule has 9 heteroatoms. The van der Waals surface area contributed by atoms with Crippen LogP contribution in [-0.4, -0.2) is 59.6 Å². The molecule has 3 heterocycles. The van der Waals surface area contributed by atoms with E-state index in [1.807, 2.05) is 49.4 Å². The number of hydrogen-bond donors (Lipinski definition) is 4. The maximum absolute atomic E-state index is 12.5. The van der Waals surface area contributed by atoms with Crippen molar-refractivity contribution in [1.29, 1.82) is 0 Å². The Labute approximate surface area is 317 Å². The molecule has 0 amide bonds. The topological polar surface area (TPSA) is 127 Å². The highest BCUT2D eigenvalue weighted by molar-refractivity contribution is 5.72. The van der Waals surface area contributed by atoms with Crippen molar-refractivity contribution in [2.24, 2.45) is 11.8 Å². The first-order valence-electron chi connectivity index (χ1n) is 19.7. The molecule has 4 aromatic carbocycles. The van der Waals surface area contributed by atoms with Crippen molar-refractivity contribution >= 4 is 0 Å². The number of methoxy groups -OCH3 is 1. The van der Waals surface area contributed by atoms with Gasteiger partial charge >= 0.3 is 0 Å². The van der Waals surface area contributed by atoms with Gasteiger partial charge in [0, 0.05) is 54.2 Å². The molecule has 1 fully saturated rings. The first-order chi connectivity index (χ1) is 26.3. The molecular formula is C45H52O9. The Morgan fingerprint density at radius 2 is 1.69 bits per heavy atom. The molecule has 1 aliphatic carbocycles. The molecule has 4 aliphatic rings. The molecule has 1 saturated carbocycles. The number of aromatic hydroxyl groups is 2. The van der Waals surface area contributed by atoms with Gasteiger partial charge in [-0.2, -0.15) is 0 Å². The fourth-order valence-electron chi connectivity index (χ4n) is 9.25. The van der Waals surface area contributed by atoms with Gasteiger partial charge in [-0.05, 0) is 129 Å². The van der Waals surface area contributed by atoms with E-state index in [2.05, 4.69) is 0 Å². The van der Waals surface area contributed by atoms with Crippen molar-refractivity contribution in [2.45, 2.75) is 95.5 Å². The van der Waals surface area contributed by atoms with Gasteiger partial charge in [0.2, 0.25) is 0 Å². The number of aliphatic hydroxyl groups is 2. The zero-order valence-corrected chi connectivity index (χ0v) is 31.3. The van der Waals surface area contributed by atoms with E-state index < -0.39 is 24.0 Å². The van der Waals surface area contributed by atoms with Crippen molar-refractivity contribution in [1.82, 2.24) is 0 Å².